The van der Waals surface area contributed by atoms with Gasteiger partial charge in [0.25, 0.3) is 0 Å². The lowest BCUT2D eigenvalue weighted by molar-refractivity contribution is -0.116. The van der Waals surface area contributed by atoms with Crippen LogP contribution in [0.5, 0.6) is 11.5 Å². The number of carbonyl (C=O) groups is 1. The fourth-order valence-corrected chi connectivity index (χ4v) is 2.20. The molecular weight excluding hydrogens is 342 g/mol. The summed E-state index contributed by atoms with van der Waals surface area (Å²) < 4.78 is 34.5. The molecule has 0 bridgehead atoms. The van der Waals surface area contributed by atoms with E-state index in [1.54, 1.807) is 37.5 Å². The predicted molar refractivity (Wildman–Crippen MR) is 94.2 cm³/mol. The molecule has 1 amide bonds. The van der Waals surface area contributed by atoms with E-state index >= 15 is 0 Å². The second-order valence-electron chi connectivity index (χ2n) is 5.25. The fraction of sp³-hybridized carbons (Fsp3) is 0.263. The highest BCUT2D eigenvalue weighted by molar-refractivity contribution is 5.91. The van der Waals surface area contributed by atoms with Crippen LogP contribution in [0.4, 0.5) is 8.78 Å². The quantitative estimate of drug-likeness (QED) is 0.694. The van der Waals surface area contributed by atoms with Crippen LogP contribution < -0.4 is 14.8 Å². The number of halogens is 2. The molecule has 0 saturated carbocycles. The largest absolute Gasteiger partial charge is 0.490 e. The van der Waals surface area contributed by atoms with Crippen LogP contribution in [-0.4, -0.2) is 30.7 Å². The molecule has 0 spiro atoms. The summed E-state index contributed by atoms with van der Waals surface area (Å²) >= 11 is 0. The minimum atomic E-state index is -2.93. The Hall–Kier alpha value is -2.96. The Balaban J connectivity index is 1.91. The number of nitrogens with one attached hydrogen (secondary N) is 1. The van der Waals surface area contributed by atoms with Gasteiger partial charge in [-0.15, -0.1) is 0 Å². The van der Waals surface area contributed by atoms with Gasteiger partial charge in [0.05, 0.1) is 6.61 Å². The summed E-state index contributed by atoms with van der Waals surface area (Å²) in [5.41, 5.74) is 1.67. The third-order valence-electron chi connectivity index (χ3n) is 3.35. The lowest BCUT2D eigenvalue weighted by Gasteiger charge is -2.11. The number of benzene rings is 1. The summed E-state index contributed by atoms with van der Waals surface area (Å²) in [4.78, 5) is 15.9. The van der Waals surface area contributed by atoms with Crippen molar-refractivity contribution in [2.75, 3.05) is 13.2 Å². The zero-order chi connectivity index (χ0) is 18.8. The Morgan fingerprint density at radius 3 is 2.85 bits per heavy atom. The minimum absolute atomic E-state index is 0.0417. The van der Waals surface area contributed by atoms with Crippen molar-refractivity contribution in [2.24, 2.45) is 0 Å². The number of nitrogens with zero attached hydrogens (tertiary/aromatic N) is 1. The van der Waals surface area contributed by atoms with Crippen LogP contribution in [0.15, 0.2) is 48.8 Å². The van der Waals surface area contributed by atoms with Gasteiger partial charge in [0.2, 0.25) is 5.91 Å². The Morgan fingerprint density at radius 1 is 1.31 bits per heavy atom. The molecule has 0 aliphatic carbocycles. The smallest absolute Gasteiger partial charge is 0.387 e. The topological polar surface area (TPSA) is 60.5 Å². The van der Waals surface area contributed by atoms with E-state index in [4.69, 9.17) is 4.74 Å². The van der Waals surface area contributed by atoms with Crippen LogP contribution in [0.3, 0.4) is 0 Å². The van der Waals surface area contributed by atoms with E-state index in [2.05, 4.69) is 15.0 Å². The molecule has 0 atom stereocenters. The zero-order valence-electron chi connectivity index (χ0n) is 14.3. The lowest BCUT2D eigenvalue weighted by atomic mass is 10.2. The van der Waals surface area contributed by atoms with E-state index in [1.807, 2.05) is 12.1 Å². The van der Waals surface area contributed by atoms with E-state index in [0.717, 1.165) is 5.56 Å². The number of ether oxygens (including phenoxy) is 2. The van der Waals surface area contributed by atoms with Crippen LogP contribution in [0, 0.1) is 0 Å². The molecule has 2 aromatic rings. The van der Waals surface area contributed by atoms with Gasteiger partial charge in [-0.1, -0.05) is 12.1 Å². The molecule has 0 radical (unpaired) electrons. The van der Waals surface area contributed by atoms with Crippen molar-refractivity contribution in [3.05, 3.63) is 59.9 Å². The maximum atomic E-state index is 12.4. The van der Waals surface area contributed by atoms with Gasteiger partial charge in [0, 0.05) is 25.0 Å². The molecule has 7 heteroatoms. The van der Waals surface area contributed by atoms with E-state index in [-0.39, 0.29) is 17.4 Å². The molecule has 1 aromatic heterocycles. The van der Waals surface area contributed by atoms with Crippen LogP contribution >= 0.6 is 0 Å². The maximum Gasteiger partial charge on any atom is 0.387 e. The van der Waals surface area contributed by atoms with Crippen molar-refractivity contribution in [3.8, 4) is 11.5 Å². The standard InChI is InChI=1S/C19H20F2N2O3/c1-2-25-17-12-14(5-7-16(17)26-19(20)21)6-8-18(24)23-11-9-15-4-3-10-22-13-15/h3-8,10,12-13,19H,2,9,11H2,1H3,(H,23,24)/b8-6+. The second kappa shape index (κ2) is 10.1. The van der Waals surface area contributed by atoms with Gasteiger partial charge in [0.15, 0.2) is 11.5 Å². The van der Waals surface area contributed by atoms with Gasteiger partial charge in [-0.2, -0.15) is 8.78 Å². The predicted octanol–water partition coefficient (Wildman–Crippen LogP) is 3.45. The SMILES string of the molecule is CCOc1cc(/C=C/C(=O)NCCc2cccnc2)ccc1OC(F)F. The van der Waals surface area contributed by atoms with Gasteiger partial charge in [0.1, 0.15) is 0 Å². The number of alkyl halides is 2. The summed E-state index contributed by atoms with van der Waals surface area (Å²) in [5, 5.41) is 2.77. The Kier molecular flexibility index (Phi) is 7.54. The molecule has 138 valence electrons. The fourth-order valence-electron chi connectivity index (χ4n) is 2.20. The van der Waals surface area contributed by atoms with Crippen molar-refractivity contribution in [3.63, 3.8) is 0 Å². The number of rotatable bonds is 9. The van der Waals surface area contributed by atoms with Gasteiger partial charge in [-0.05, 0) is 48.7 Å². The Bertz CT molecular complexity index is 737. The second-order valence-corrected chi connectivity index (χ2v) is 5.25. The first-order valence-corrected chi connectivity index (χ1v) is 8.15. The average molecular weight is 362 g/mol. The number of pyridine rings is 1. The summed E-state index contributed by atoms with van der Waals surface area (Å²) in [6.45, 7) is -0.396. The van der Waals surface area contributed by atoms with Crippen molar-refractivity contribution < 1.29 is 23.0 Å². The molecule has 1 N–H and O–H groups in total. The molecule has 1 heterocycles. The Morgan fingerprint density at radius 2 is 2.15 bits per heavy atom. The summed E-state index contributed by atoms with van der Waals surface area (Å²) in [6, 6.07) is 8.28. The molecule has 26 heavy (non-hydrogen) atoms. The summed E-state index contributed by atoms with van der Waals surface area (Å²) in [6.07, 6.45) is 7.08. The van der Waals surface area contributed by atoms with Crippen molar-refractivity contribution >= 4 is 12.0 Å². The molecule has 0 aliphatic heterocycles. The van der Waals surface area contributed by atoms with Crippen molar-refractivity contribution in [1.82, 2.24) is 10.3 Å². The summed E-state index contributed by atoms with van der Waals surface area (Å²) in [5.74, 6) is -0.0911. The Labute approximate surface area is 150 Å². The number of aromatic nitrogens is 1. The van der Waals surface area contributed by atoms with Crippen molar-refractivity contribution in [2.45, 2.75) is 20.0 Å². The monoisotopic (exact) mass is 362 g/mol. The zero-order valence-corrected chi connectivity index (χ0v) is 14.3. The van der Waals surface area contributed by atoms with E-state index < -0.39 is 6.61 Å². The third kappa shape index (κ3) is 6.51. The first-order valence-electron chi connectivity index (χ1n) is 8.15. The van der Waals surface area contributed by atoms with Crippen LogP contribution in [0.2, 0.25) is 0 Å². The van der Waals surface area contributed by atoms with Gasteiger partial charge in [-0.3, -0.25) is 9.78 Å². The number of amides is 1. The van der Waals surface area contributed by atoms with Crippen LogP contribution in [0.25, 0.3) is 6.08 Å². The van der Waals surface area contributed by atoms with E-state index in [0.29, 0.717) is 25.1 Å². The molecule has 5 nitrogen and oxygen atoms in total. The number of hydrogen-bond donors (Lipinski definition) is 1. The average Bonchev–Trinajstić information content (AvgIpc) is 2.62. The molecule has 2 rings (SSSR count). The van der Waals surface area contributed by atoms with Crippen LogP contribution in [-0.2, 0) is 11.2 Å². The molecule has 0 saturated heterocycles. The highest BCUT2D eigenvalue weighted by Crippen LogP contribution is 2.30. The molecule has 0 fully saturated rings. The molecule has 1 aromatic carbocycles. The van der Waals surface area contributed by atoms with Gasteiger partial charge in [-0.25, -0.2) is 0 Å². The van der Waals surface area contributed by atoms with E-state index in [1.165, 1.54) is 12.1 Å². The van der Waals surface area contributed by atoms with Gasteiger partial charge < -0.3 is 14.8 Å². The number of carbonyl (C=O) groups excluding carboxylic acids is 1. The normalized spacial score (nSPS) is 10.9. The highest BCUT2D eigenvalue weighted by atomic mass is 19.3. The lowest BCUT2D eigenvalue weighted by Crippen LogP contribution is -2.23. The number of hydrogen-bond acceptors (Lipinski definition) is 4. The molecule has 0 unspecified atom stereocenters. The minimum Gasteiger partial charge on any atom is -0.490 e. The maximum absolute atomic E-state index is 12.4. The van der Waals surface area contributed by atoms with Gasteiger partial charge >= 0.3 is 6.61 Å². The van der Waals surface area contributed by atoms with Crippen LogP contribution in [0.1, 0.15) is 18.1 Å². The van der Waals surface area contributed by atoms with E-state index in [9.17, 15) is 13.6 Å². The molecule has 0 aliphatic rings. The first kappa shape index (κ1) is 19.4. The van der Waals surface area contributed by atoms with Crippen molar-refractivity contribution in [1.29, 1.82) is 0 Å². The first-order chi connectivity index (χ1) is 12.6. The third-order valence-corrected chi connectivity index (χ3v) is 3.35. The summed E-state index contributed by atoms with van der Waals surface area (Å²) in [7, 11) is 0. The molecular formula is C19H20F2N2O3. The highest BCUT2D eigenvalue weighted by Gasteiger charge is 2.11.